The van der Waals surface area contributed by atoms with Crippen molar-refractivity contribution < 1.29 is 26.4 Å². The Kier molecular flexibility index (Phi) is 6.35. The van der Waals surface area contributed by atoms with Gasteiger partial charge < -0.3 is 4.90 Å². The SMILES string of the molecule is CN(Cc1ccc(C(F)(F)F)cc1)C(=O)c1cccc(NS(=O)(=O)c2ccccc2)c1. The molecule has 0 heterocycles. The number of rotatable bonds is 6. The summed E-state index contributed by atoms with van der Waals surface area (Å²) in [4.78, 5) is 14.2. The molecule has 0 atom stereocenters. The maximum atomic E-state index is 12.7. The Labute approximate surface area is 178 Å². The summed E-state index contributed by atoms with van der Waals surface area (Å²) in [5, 5.41) is 0. The van der Waals surface area contributed by atoms with E-state index in [9.17, 15) is 26.4 Å². The first-order valence-electron chi connectivity index (χ1n) is 9.16. The molecule has 0 aromatic heterocycles. The van der Waals surface area contributed by atoms with Crippen molar-refractivity contribution in [2.45, 2.75) is 17.6 Å². The van der Waals surface area contributed by atoms with Crippen molar-refractivity contribution in [3.05, 3.63) is 95.6 Å². The summed E-state index contributed by atoms with van der Waals surface area (Å²) in [5.74, 6) is -0.402. The Balaban J connectivity index is 1.72. The lowest BCUT2D eigenvalue weighted by molar-refractivity contribution is -0.137. The minimum absolute atomic E-state index is 0.0890. The van der Waals surface area contributed by atoms with Crippen LogP contribution in [0.2, 0.25) is 0 Å². The van der Waals surface area contributed by atoms with Crippen LogP contribution in [0.15, 0.2) is 83.8 Å². The van der Waals surface area contributed by atoms with Crippen molar-refractivity contribution in [1.82, 2.24) is 4.90 Å². The largest absolute Gasteiger partial charge is 0.416 e. The fourth-order valence-corrected chi connectivity index (χ4v) is 3.97. The van der Waals surface area contributed by atoms with Crippen molar-refractivity contribution in [2.75, 3.05) is 11.8 Å². The quantitative estimate of drug-likeness (QED) is 0.590. The summed E-state index contributed by atoms with van der Waals surface area (Å²) in [7, 11) is -2.29. The van der Waals surface area contributed by atoms with Gasteiger partial charge in [0.05, 0.1) is 10.5 Å². The Hall–Kier alpha value is -3.33. The number of hydrogen-bond acceptors (Lipinski definition) is 3. The fraction of sp³-hybridized carbons (Fsp3) is 0.136. The van der Waals surface area contributed by atoms with Gasteiger partial charge in [0, 0.05) is 24.8 Å². The molecule has 3 rings (SSSR count). The summed E-state index contributed by atoms with van der Waals surface area (Å²) in [6, 6.07) is 18.4. The van der Waals surface area contributed by atoms with E-state index in [2.05, 4.69) is 4.72 Å². The number of benzene rings is 3. The standard InChI is InChI=1S/C22H19F3N2O3S/c1-27(15-16-10-12-18(13-11-16)22(23,24)25)21(28)17-6-5-7-19(14-17)26-31(29,30)20-8-3-2-4-9-20/h2-14,26H,15H2,1H3. The molecule has 1 amide bonds. The van der Waals surface area contributed by atoms with Gasteiger partial charge in [-0.1, -0.05) is 36.4 Å². The number of carbonyl (C=O) groups is 1. The number of nitrogens with zero attached hydrogens (tertiary/aromatic N) is 1. The lowest BCUT2D eigenvalue weighted by Gasteiger charge is -2.18. The smallest absolute Gasteiger partial charge is 0.337 e. The number of sulfonamides is 1. The summed E-state index contributed by atoms with van der Waals surface area (Å²) in [6.45, 7) is 0.0942. The van der Waals surface area contributed by atoms with E-state index in [0.717, 1.165) is 12.1 Å². The molecule has 0 radical (unpaired) electrons. The molecule has 162 valence electrons. The van der Waals surface area contributed by atoms with Gasteiger partial charge in [-0.2, -0.15) is 13.2 Å². The second-order valence-corrected chi connectivity index (χ2v) is 8.54. The van der Waals surface area contributed by atoms with Gasteiger partial charge in [0.15, 0.2) is 0 Å². The Morgan fingerprint density at radius 2 is 1.58 bits per heavy atom. The van der Waals surface area contributed by atoms with Crippen LogP contribution in [-0.4, -0.2) is 26.3 Å². The third-order valence-corrected chi connectivity index (χ3v) is 5.86. The number of carbonyl (C=O) groups excluding carboxylic acids is 1. The van der Waals surface area contributed by atoms with Gasteiger partial charge in [0.1, 0.15) is 0 Å². The molecule has 0 aliphatic heterocycles. The molecule has 0 aliphatic rings. The van der Waals surface area contributed by atoms with Crippen LogP contribution in [-0.2, 0) is 22.7 Å². The van der Waals surface area contributed by atoms with Crippen molar-refractivity contribution in [1.29, 1.82) is 0 Å². The Morgan fingerprint density at radius 1 is 0.935 bits per heavy atom. The molecule has 0 spiro atoms. The van der Waals surface area contributed by atoms with Gasteiger partial charge in [-0.15, -0.1) is 0 Å². The van der Waals surface area contributed by atoms with Crippen LogP contribution in [0.5, 0.6) is 0 Å². The lowest BCUT2D eigenvalue weighted by atomic mass is 10.1. The van der Waals surface area contributed by atoms with Crippen molar-refractivity contribution >= 4 is 21.6 Å². The van der Waals surface area contributed by atoms with E-state index in [1.807, 2.05) is 0 Å². The zero-order chi connectivity index (χ0) is 22.6. The highest BCUT2D eigenvalue weighted by molar-refractivity contribution is 7.92. The number of alkyl halides is 3. The van der Waals surface area contributed by atoms with E-state index in [-0.39, 0.29) is 22.7 Å². The molecule has 0 bridgehead atoms. The molecule has 0 unspecified atom stereocenters. The summed E-state index contributed by atoms with van der Waals surface area (Å²) >= 11 is 0. The van der Waals surface area contributed by atoms with Crippen LogP contribution in [0.3, 0.4) is 0 Å². The number of halogens is 3. The first-order chi connectivity index (χ1) is 14.6. The summed E-state index contributed by atoms with van der Waals surface area (Å²) in [6.07, 6.45) is -4.42. The number of hydrogen-bond donors (Lipinski definition) is 1. The normalized spacial score (nSPS) is 11.7. The highest BCUT2D eigenvalue weighted by atomic mass is 32.2. The van der Waals surface area contributed by atoms with Crippen LogP contribution >= 0.6 is 0 Å². The van der Waals surface area contributed by atoms with E-state index in [1.165, 1.54) is 54.4 Å². The van der Waals surface area contributed by atoms with E-state index in [4.69, 9.17) is 0 Å². The molecule has 1 N–H and O–H groups in total. The Bertz CT molecular complexity index is 1160. The Morgan fingerprint density at radius 3 is 2.19 bits per heavy atom. The first-order valence-corrected chi connectivity index (χ1v) is 10.6. The predicted octanol–water partition coefficient (Wildman–Crippen LogP) is 4.78. The molecule has 5 nitrogen and oxygen atoms in total. The average molecular weight is 448 g/mol. The molecule has 9 heteroatoms. The zero-order valence-corrected chi connectivity index (χ0v) is 17.2. The molecule has 3 aromatic carbocycles. The van der Waals surface area contributed by atoms with Gasteiger partial charge in [0.25, 0.3) is 15.9 Å². The number of nitrogens with one attached hydrogen (secondary N) is 1. The van der Waals surface area contributed by atoms with Gasteiger partial charge in [-0.25, -0.2) is 8.42 Å². The van der Waals surface area contributed by atoms with Gasteiger partial charge >= 0.3 is 6.18 Å². The maximum Gasteiger partial charge on any atom is 0.416 e. The monoisotopic (exact) mass is 448 g/mol. The van der Waals surface area contributed by atoms with Crippen LogP contribution in [0.1, 0.15) is 21.5 Å². The van der Waals surface area contributed by atoms with Crippen molar-refractivity contribution in [2.24, 2.45) is 0 Å². The zero-order valence-electron chi connectivity index (χ0n) is 16.4. The van der Waals surface area contributed by atoms with Crippen LogP contribution in [0, 0.1) is 0 Å². The predicted molar refractivity (Wildman–Crippen MR) is 111 cm³/mol. The molecular weight excluding hydrogens is 429 g/mol. The first kappa shape index (κ1) is 22.4. The fourth-order valence-electron chi connectivity index (χ4n) is 2.89. The minimum atomic E-state index is -4.42. The lowest BCUT2D eigenvalue weighted by Crippen LogP contribution is -2.26. The van der Waals surface area contributed by atoms with Crippen LogP contribution < -0.4 is 4.72 Å². The maximum absolute atomic E-state index is 12.7. The van der Waals surface area contributed by atoms with E-state index >= 15 is 0 Å². The van der Waals surface area contributed by atoms with E-state index in [1.54, 1.807) is 24.3 Å². The van der Waals surface area contributed by atoms with Crippen molar-refractivity contribution in [3.63, 3.8) is 0 Å². The van der Waals surface area contributed by atoms with Gasteiger partial charge in [-0.3, -0.25) is 9.52 Å². The minimum Gasteiger partial charge on any atom is -0.337 e. The molecule has 0 aliphatic carbocycles. The summed E-state index contributed by atoms with van der Waals surface area (Å²) in [5.41, 5.74) is 0.230. The van der Waals surface area contributed by atoms with Gasteiger partial charge in [-0.05, 0) is 48.0 Å². The van der Waals surface area contributed by atoms with Crippen molar-refractivity contribution in [3.8, 4) is 0 Å². The molecule has 31 heavy (non-hydrogen) atoms. The number of anilines is 1. The van der Waals surface area contributed by atoms with E-state index < -0.39 is 27.7 Å². The number of amides is 1. The van der Waals surface area contributed by atoms with E-state index in [0.29, 0.717) is 5.56 Å². The average Bonchev–Trinajstić information content (AvgIpc) is 2.73. The molecule has 3 aromatic rings. The van der Waals surface area contributed by atoms with Crippen LogP contribution in [0.25, 0.3) is 0 Å². The molecular formula is C22H19F3N2O3S. The molecule has 0 saturated carbocycles. The highest BCUT2D eigenvalue weighted by Crippen LogP contribution is 2.29. The topological polar surface area (TPSA) is 66.5 Å². The molecule has 0 saturated heterocycles. The molecule has 0 fully saturated rings. The van der Waals surface area contributed by atoms with Gasteiger partial charge in [0.2, 0.25) is 0 Å². The summed E-state index contributed by atoms with van der Waals surface area (Å²) < 4.78 is 65.4. The second-order valence-electron chi connectivity index (χ2n) is 6.86. The highest BCUT2D eigenvalue weighted by Gasteiger charge is 2.30. The van der Waals surface area contributed by atoms with Crippen LogP contribution in [0.4, 0.5) is 18.9 Å². The second kappa shape index (κ2) is 8.81. The third kappa shape index (κ3) is 5.64. The third-order valence-electron chi connectivity index (χ3n) is 4.46.